The molecule has 0 amide bonds. The maximum absolute atomic E-state index is 13.3. The van der Waals surface area contributed by atoms with E-state index in [1.54, 1.807) is 18.2 Å². The fourth-order valence-corrected chi connectivity index (χ4v) is 2.17. The van der Waals surface area contributed by atoms with Crippen LogP contribution in [0.15, 0.2) is 30.3 Å². The number of fused-ring (bicyclic) bond motifs is 1. The zero-order valence-electron chi connectivity index (χ0n) is 11.2. The molecule has 0 heterocycles. The van der Waals surface area contributed by atoms with Gasteiger partial charge in [-0.05, 0) is 62.1 Å². The van der Waals surface area contributed by atoms with Gasteiger partial charge >= 0.3 is 0 Å². The third kappa shape index (κ3) is 3.61. The van der Waals surface area contributed by atoms with Crippen LogP contribution < -0.4 is 4.18 Å². The van der Waals surface area contributed by atoms with Gasteiger partial charge < -0.3 is 9.29 Å². The van der Waals surface area contributed by atoms with Crippen molar-refractivity contribution >= 4 is 22.8 Å². The highest BCUT2D eigenvalue weighted by Gasteiger charge is 2.15. The van der Waals surface area contributed by atoms with Gasteiger partial charge in [-0.15, -0.1) is 0 Å². The van der Waals surface area contributed by atoms with Gasteiger partial charge in [-0.1, -0.05) is 0 Å². The standard InChI is InChI=1S/C15H17FO2S/c1-15(2,3)19-18-14-7-10(9-17)6-11-8-12(16)4-5-13(11)14/h4-8,17H,9H2,1-3H3. The predicted octanol–water partition coefficient (Wildman–Crippen LogP) is 4.30. The predicted molar refractivity (Wildman–Crippen MR) is 77.8 cm³/mol. The summed E-state index contributed by atoms with van der Waals surface area (Å²) in [5.74, 6) is 0.360. The Morgan fingerprint density at radius 3 is 2.58 bits per heavy atom. The largest absolute Gasteiger partial charge is 0.425 e. The maximum atomic E-state index is 13.3. The van der Waals surface area contributed by atoms with E-state index in [1.165, 1.54) is 24.2 Å². The molecule has 0 aliphatic carbocycles. The molecule has 0 aliphatic heterocycles. The smallest absolute Gasteiger partial charge is 0.145 e. The Morgan fingerprint density at radius 1 is 1.21 bits per heavy atom. The van der Waals surface area contributed by atoms with Gasteiger partial charge in [-0.3, -0.25) is 0 Å². The van der Waals surface area contributed by atoms with Crippen LogP contribution in [0.5, 0.6) is 5.75 Å². The highest BCUT2D eigenvalue weighted by Crippen LogP contribution is 2.34. The first kappa shape index (κ1) is 14.2. The summed E-state index contributed by atoms with van der Waals surface area (Å²) in [5.41, 5.74) is 0.711. The van der Waals surface area contributed by atoms with Gasteiger partial charge in [0, 0.05) is 10.1 Å². The van der Waals surface area contributed by atoms with E-state index in [9.17, 15) is 9.50 Å². The maximum Gasteiger partial charge on any atom is 0.145 e. The highest BCUT2D eigenvalue weighted by molar-refractivity contribution is 7.96. The minimum absolute atomic E-state index is 0.0401. The van der Waals surface area contributed by atoms with E-state index >= 15 is 0 Å². The van der Waals surface area contributed by atoms with Gasteiger partial charge in [0.1, 0.15) is 11.6 Å². The summed E-state index contributed by atoms with van der Waals surface area (Å²) < 4.78 is 19.0. The molecule has 102 valence electrons. The van der Waals surface area contributed by atoms with Crippen molar-refractivity contribution in [2.75, 3.05) is 0 Å². The second-order valence-electron chi connectivity index (χ2n) is 5.40. The summed E-state index contributed by atoms with van der Waals surface area (Å²) in [6.07, 6.45) is 0. The first-order valence-corrected chi connectivity index (χ1v) is 6.82. The van der Waals surface area contributed by atoms with E-state index in [1.807, 2.05) is 0 Å². The number of hydrogen-bond acceptors (Lipinski definition) is 3. The summed E-state index contributed by atoms with van der Waals surface area (Å²) in [6, 6.07) is 8.12. The number of rotatable bonds is 3. The first-order valence-electron chi connectivity index (χ1n) is 6.08. The molecule has 2 nitrogen and oxygen atoms in total. The lowest BCUT2D eigenvalue weighted by Crippen LogP contribution is -2.09. The quantitative estimate of drug-likeness (QED) is 0.850. The molecule has 0 aromatic heterocycles. The second-order valence-corrected chi connectivity index (χ2v) is 6.95. The molecular weight excluding hydrogens is 263 g/mol. The average molecular weight is 280 g/mol. The van der Waals surface area contributed by atoms with Gasteiger partial charge in [0.15, 0.2) is 0 Å². The zero-order chi connectivity index (χ0) is 14.0. The van der Waals surface area contributed by atoms with E-state index in [0.29, 0.717) is 11.3 Å². The number of halogens is 1. The minimum Gasteiger partial charge on any atom is -0.425 e. The molecule has 0 radical (unpaired) electrons. The first-order chi connectivity index (χ1) is 8.89. The lowest BCUT2D eigenvalue weighted by Gasteiger charge is -2.18. The van der Waals surface area contributed by atoms with Crippen LogP contribution in [0, 0.1) is 5.82 Å². The van der Waals surface area contributed by atoms with Crippen LogP contribution in [-0.4, -0.2) is 9.85 Å². The molecule has 0 saturated heterocycles. The molecule has 2 aromatic carbocycles. The Morgan fingerprint density at radius 2 is 1.95 bits per heavy atom. The van der Waals surface area contributed by atoms with Crippen LogP contribution >= 0.6 is 12.0 Å². The lowest BCUT2D eigenvalue weighted by atomic mass is 10.1. The highest BCUT2D eigenvalue weighted by atomic mass is 32.2. The average Bonchev–Trinajstić information content (AvgIpc) is 2.34. The molecular formula is C15H17FO2S. The lowest BCUT2D eigenvalue weighted by molar-refractivity contribution is 0.281. The monoisotopic (exact) mass is 280 g/mol. The summed E-state index contributed by atoms with van der Waals surface area (Å²) in [6.45, 7) is 6.06. The Hall–Kier alpha value is -1.26. The van der Waals surface area contributed by atoms with E-state index in [2.05, 4.69) is 20.8 Å². The fourth-order valence-electron chi connectivity index (χ4n) is 1.70. The number of aliphatic hydroxyl groups excluding tert-OH is 1. The SMILES string of the molecule is CC(C)(C)SOc1cc(CO)cc2cc(F)ccc12. The summed E-state index contributed by atoms with van der Waals surface area (Å²) >= 11 is 1.35. The van der Waals surface area contributed by atoms with Crippen molar-refractivity contribution in [2.24, 2.45) is 0 Å². The van der Waals surface area contributed by atoms with Crippen LogP contribution in [0.3, 0.4) is 0 Å². The number of benzene rings is 2. The normalized spacial score (nSPS) is 11.8. The molecule has 0 fully saturated rings. The zero-order valence-corrected chi connectivity index (χ0v) is 12.1. The van der Waals surface area contributed by atoms with Gasteiger partial charge in [0.05, 0.1) is 18.6 Å². The molecule has 0 spiro atoms. The van der Waals surface area contributed by atoms with Crippen molar-refractivity contribution in [3.05, 3.63) is 41.7 Å². The van der Waals surface area contributed by atoms with Gasteiger partial charge in [-0.2, -0.15) is 0 Å². The van der Waals surface area contributed by atoms with Crippen LogP contribution in [0.2, 0.25) is 0 Å². The fraction of sp³-hybridized carbons (Fsp3) is 0.333. The van der Waals surface area contributed by atoms with Crippen molar-refractivity contribution in [1.29, 1.82) is 0 Å². The molecule has 2 aromatic rings. The van der Waals surface area contributed by atoms with Crippen molar-refractivity contribution in [3.63, 3.8) is 0 Å². The molecule has 0 unspecified atom stereocenters. The summed E-state index contributed by atoms with van der Waals surface area (Å²) in [7, 11) is 0. The van der Waals surface area contributed by atoms with Crippen molar-refractivity contribution < 1.29 is 13.7 Å². The molecule has 1 N–H and O–H groups in total. The van der Waals surface area contributed by atoms with Crippen LogP contribution in [0.25, 0.3) is 10.8 Å². The third-order valence-electron chi connectivity index (χ3n) is 2.50. The van der Waals surface area contributed by atoms with Gasteiger partial charge in [0.2, 0.25) is 0 Å². The van der Waals surface area contributed by atoms with Crippen LogP contribution in [0.4, 0.5) is 4.39 Å². The molecule has 19 heavy (non-hydrogen) atoms. The van der Waals surface area contributed by atoms with E-state index in [-0.39, 0.29) is 17.2 Å². The minimum atomic E-state index is -0.294. The Balaban J connectivity index is 2.45. The van der Waals surface area contributed by atoms with E-state index < -0.39 is 0 Å². The van der Waals surface area contributed by atoms with Crippen LogP contribution in [-0.2, 0) is 6.61 Å². The molecule has 4 heteroatoms. The summed E-state index contributed by atoms with van der Waals surface area (Å²) in [4.78, 5) is 0. The number of hydrogen-bond donors (Lipinski definition) is 1. The molecule has 0 aliphatic rings. The Labute approximate surface area is 116 Å². The Bertz CT molecular complexity index is 590. The van der Waals surface area contributed by atoms with Crippen molar-refractivity contribution in [1.82, 2.24) is 0 Å². The summed E-state index contributed by atoms with van der Waals surface area (Å²) in [5, 5.41) is 10.8. The number of aliphatic hydroxyl groups is 1. The van der Waals surface area contributed by atoms with E-state index in [4.69, 9.17) is 4.18 Å². The van der Waals surface area contributed by atoms with E-state index in [0.717, 1.165) is 10.8 Å². The van der Waals surface area contributed by atoms with Crippen LogP contribution in [0.1, 0.15) is 26.3 Å². The molecule has 2 rings (SSSR count). The van der Waals surface area contributed by atoms with Gasteiger partial charge in [0.25, 0.3) is 0 Å². The molecule has 0 atom stereocenters. The van der Waals surface area contributed by atoms with Crippen molar-refractivity contribution in [2.45, 2.75) is 32.1 Å². The Kier molecular flexibility index (Phi) is 4.02. The second kappa shape index (κ2) is 5.39. The topological polar surface area (TPSA) is 29.5 Å². The molecule has 0 bridgehead atoms. The van der Waals surface area contributed by atoms with Gasteiger partial charge in [-0.25, -0.2) is 4.39 Å². The van der Waals surface area contributed by atoms with Crippen molar-refractivity contribution in [3.8, 4) is 5.75 Å². The molecule has 0 saturated carbocycles. The third-order valence-corrected chi connectivity index (χ3v) is 3.26.